The van der Waals surface area contributed by atoms with E-state index in [9.17, 15) is 4.79 Å². The van der Waals surface area contributed by atoms with Gasteiger partial charge >= 0.3 is 0 Å². The van der Waals surface area contributed by atoms with Crippen LogP contribution in [0.4, 0.5) is 0 Å². The first-order valence-corrected chi connectivity index (χ1v) is 6.15. The minimum absolute atomic E-state index is 0.124. The molecule has 17 heavy (non-hydrogen) atoms. The number of benzene rings is 1. The molecule has 0 saturated carbocycles. The van der Waals surface area contributed by atoms with E-state index in [1.54, 1.807) is 12.1 Å². The van der Waals surface area contributed by atoms with Gasteiger partial charge in [0.05, 0.1) is 18.8 Å². The predicted molar refractivity (Wildman–Crippen MR) is 68.0 cm³/mol. The van der Waals surface area contributed by atoms with E-state index in [1.165, 1.54) is 0 Å². The smallest absolute Gasteiger partial charge is 0.166 e. The van der Waals surface area contributed by atoms with Crippen molar-refractivity contribution in [3.05, 3.63) is 23.8 Å². The Kier molecular flexibility index (Phi) is 5.53. The van der Waals surface area contributed by atoms with E-state index in [2.05, 4.69) is 0 Å². The van der Waals surface area contributed by atoms with Gasteiger partial charge in [-0.1, -0.05) is 6.92 Å². The number of ketones is 1. The molecule has 0 amide bonds. The van der Waals surface area contributed by atoms with Gasteiger partial charge in [0, 0.05) is 12.5 Å². The molecule has 0 N–H and O–H groups in total. The van der Waals surface area contributed by atoms with E-state index >= 15 is 0 Å². The zero-order valence-corrected chi connectivity index (χ0v) is 10.8. The fourth-order valence-corrected chi connectivity index (χ4v) is 1.63. The molecule has 0 fully saturated rings. The second-order valence-corrected chi connectivity index (χ2v) is 3.70. The monoisotopic (exact) mass is 236 g/mol. The van der Waals surface area contributed by atoms with E-state index in [0.717, 1.165) is 12.2 Å². The summed E-state index contributed by atoms with van der Waals surface area (Å²) in [7, 11) is 0. The molecule has 1 rings (SSSR count). The first-order chi connectivity index (χ1) is 8.22. The Bertz CT molecular complexity index is 372. The van der Waals surface area contributed by atoms with Crippen LogP contribution < -0.4 is 9.47 Å². The molecule has 0 atom stereocenters. The number of carbonyl (C=O) groups is 1. The third-order valence-electron chi connectivity index (χ3n) is 2.34. The summed E-state index contributed by atoms with van der Waals surface area (Å²) in [5.74, 6) is 1.49. The van der Waals surface area contributed by atoms with Gasteiger partial charge in [0.2, 0.25) is 0 Å². The van der Waals surface area contributed by atoms with Crippen LogP contribution in [-0.4, -0.2) is 19.0 Å². The molecular formula is C14H20O3. The van der Waals surface area contributed by atoms with Crippen molar-refractivity contribution < 1.29 is 14.3 Å². The maximum absolute atomic E-state index is 11.9. The molecule has 3 nitrogen and oxygen atoms in total. The van der Waals surface area contributed by atoms with Crippen LogP contribution in [-0.2, 0) is 0 Å². The Labute approximate surface area is 103 Å². The van der Waals surface area contributed by atoms with E-state index in [1.807, 2.05) is 26.8 Å². The Morgan fingerprint density at radius 1 is 1.12 bits per heavy atom. The molecule has 0 aromatic heterocycles. The van der Waals surface area contributed by atoms with Gasteiger partial charge < -0.3 is 9.47 Å². The number of hydrogen-bond donors (Lipinski definition) is 0. The van der Waals surface area contributed by atoms with Crippen LogP contribution in [0.5, 0.6) is 11.5 Å². The standard InChI is InChI=1S/C14H20O3/c1-4-7-13(15)12-9-8-11(16-5-2)10-14(12)17-6-3/h8-10H,4-7H2,1-3H3. The summed E-state index contributed by atoms with van der Waals surface area (Å²) in [5.41, 5.74) is 0.650. The zero-order chi connectivity index (χ0) is 12.7. The molecule has 0 unspecified atom stereocenters. The highest BCUT2D eigenvalue weighted by Crippen LogP contribution is 2.26. The lowest BCUT2D eigenvalue weighted by atomic mass is 10.1. The van der Waals surface area contributed by atoms with Crippen LogP contribution in [0.15, 0.2) is 18.2 Å². The number of ether oxygens (including phenoxy) is 2. The maximum atomic E-state index is 11.9. The number of Topliss-reactive ketones (excluding diaryl/α,β-unsaturated/α-hetero) is 1. The van der Waals surface area contributed by atoms with Crippen molar-refractivity contribution in [2.75, 3.05) is 13.2 Å². The maximum Gasteiger partial charge on any atom is 0.166 e. The molecule has 0 bridgehead atoms. The Balaban J connectivity index is 2.98. The predicted octanol–water partition coefficient (Wildman–Crippen LogP) is 3.47. The summed E-state index contributed by atoms with van der Waals surface area (Å²) in [6.07, 6.45) is 1.39. The fraction of sp³-hybridized carbons (Fsp3) is 0.500. The largest absolute Gasteiger partial charge is 0.494 e. The molecule has 0 spiro atoms. The van der Waals surface area contributed by atoms with Gasteiger partial charge in [-0.3, -0.25) is 4.79 Å². The second-order valence-electron chi connectivity index (χ2n) is 3.70. The Hall–Kier alpha value is -1.51. The molecule has 0 aliphatic carbocycles. The second kappa shape index (κ2) is 6.94. The van der Waals surface area contributed by atoms with Crippen LogP contribution in [0.25, 0.3) is 0 Å². The topological polar surface area (TPSA) is 35.5 Å². The summed E-state index contributed by atoms with van der Waals surface area (Å²) in [6, 6.07) is 5.39. The molecule has 1 aromatic carbocycles. The lowest BCUT2D eigenvalue weighted by Gasteiger charge is -2.11. The molecule has 0 saturated heterocycles. The van der Waals surface area contributed by atoms with Crippen molar-refractivity contribution in [1.82, 2.24) is 0 Å². The molecule has 94 valence electrons. The lowest BCUT2D eigenvalue weighted by molar-refractivity contribution is 0.0978. The van der Waals surface area contributed by atoms with Crippen molar-refractivity contribution in [3.63, 3.8) is 0 Å². The van der Waals surface area contributed by atoms with Crippen molar-refractivity contribution in [2.24, 2.45) is 0 Å². The molecule has 1 aromatic rings. The molecule has 0 radical (unpaired) electrons. The van der Waals surface area contributed by atoms with Gasteiger partial charge in [-0.15, -0.1) is 0 Å². The normalized spacial score (nSPS) is 10.1. The van der Waals surface area contributed by atoms with Gasteiger partial charge in [-0.2, -0.15) is 0 Å². The minimum Gasteiger partial charge on any atom is -0.494 e. The number of hydrogen-bond acceptors (Lipinski definition) is 3. The SMILES string of the molecule is CCCC(=O)c1ccc(OCC)cc1OCC. The van der Waals surface area contributed by atoms with E-state index < -0.39 is 0 Å². The highest BCUT2D eigenvalue weighted by Gasteiger charge is 2.12. The molecule has 0 aliphatic rings. The van der Waals surface area contributed by atoms with E-state index in [-0.39, 0.29) is 5.78 Å². The quantitative estimate of drug-likeness (QED) is 0.680. The first-order valence-electron chi connectivity index (χ1n) is 6.15. The van der Waals surface area contributed by atoms with E-state index in [4.69, 9.17) is 9.47 Å². The average Bonchev–Trinajstić information content (AvgIpc) is 2.30. The zero-order valence-electron chi connectivity index (χ0n) is 10.8. The van der Waals surface area contributed by atoms with E-state index in [0.29, 0.717) is 30.9 Å². The van der Waals surface area contributed by atoms with Crippen LogP contribution in [0.3, 0.4) is 0 Å². The summed E-state index contributed by atoms with van der Waals surface area (Å²) in [4.78, 5) is 11.9. The summed E-state index contributed by atoms with van der Waals surface area (Å²) in [5, 5.41) is 0. The third-order valence-corrected chi connectivity index (χ3v) is 2.34. The Morgan fingerprint density at radius 3 is 2.41 bits per heavy atom. The van der Waals surface area contributed by atoms with Gasteiger partial charge in [0.15, 0.2) is 5.78 Å². The highest BCUT2D eigenvalue weighted by molar-refractivity contribution is 5.98. The van der Waals surface area contributed by atoms with Crippen LogP contribution in [0.2, 0.25) is 0 Å². The minimum atomic E-state index is 0.124. The van der Waals surface area contributed by atoms with Crippen LogP contribution in [0, 0.1) is 0 Å². The summed E-state index contributed by atoms with van der Waals surface area (Å²) < 4.78 is 10.9. The summed E-state index contributed by atoms with van der Waals surface area (Å²) in [6.45, 7) is 6.97. The molecular weight excluding hydrogens is 216 g/mol. The third kappa shape index (κ3) is 3.77. The highest BCUT2D eigenvalue weighted by atomic mass is 16.5. The first kappa shape index (κ1) is 13.6. The van der Waals surface area contributed by atoms with Gasteiger partial charge in [0.25, 0.3) is 0 Å². The van der Waals surface area contributed by atoms with Gasteiger partial charge in [-0.05, 0) is 32.4 Å². The summed E-state index contributed by atoms with van der Waals surface area (Å²) >= 11 is 0. The Morgan fingerprint density at radius 2 is 1.82 bits per heavy atom. The van der Waals surface area contributed by atoms with Crippen LogP contribution in [0.1, 0.15) is 44.0 Å². The number of carbonyl (C=O) groups excluding carboxylic acids is 1. The van der Waals surface area contributed by atoms with Crippen molar-refractivity contribution >= 4 is 5.78 Å². The average molecular weight is 236 g/mol. The number of rotatable bonds is 7. The van der Waals surface area contributed by atoms with Crippen LogP contribution >= 0.6 is 0 Å². The molecule has 0 heterocycles. The van der Waals surface area contributed by atoms with Crippen molar-refractivity contribution in [3.8, 4) is 11.5 Å². The molecule has 3 heteroatoms. The van der Waals surface area contributed by atoms with Crippen molar-refractivity contribution in [2.45, 2.75) is 33.6 Å². The fourth-order valence-electron chi connectivity index (χ4n) is 1.63. The van der Waals surface area contributed by atoms with Crippen molar-refractivity contribution in [1.29, 1.82) is 0 Å². The van der Waals surface area contributed by atoms with Gasteiger partial charge in [0.1, 0.15) is 11.5 Å². The molecule has 0 aliphatic heterocycles. The van der Waals surface area contributed by atoms with Gasteiger partial charge in [-0.25, -0.2) is 0 Å². The lowest BCUT2D eigenvalue weighted by Crippen LogP contribution is -2.04.